The molecule has 0 aliphatic carbocycles. The van der Waals surface area contributed by atoms with Crippen molar-refractivity contribution in [2.45, 2.75) is 30.3 Å². The third-order valence-electron chi connectivity index (χ3n) is 4.40. The van der Waals surface area contributed by atoms with E-state index in [-0.39, 0.29) is 22.6 Å². The molecule has 0 bridgehead atoms. The molecule has 8 nitrogen and oxygen atoms in total. The lowest BCUT2D eigenvalue weighted by molar-refractivity contribution is -0.117. The zero-order valence-corrected chi connectivity index (χ0v) is 15.8. The van der Waals surface area contributed by atoms with Gasteiger partial charge < -0.3 is 10.1 Å². The van der Waals surface area contributed by atoms with Gasteiger partial charge in [-0.25, -0.2) is 24.4 Å². The molecule has 0 saturated carbocycles. The Kier molecular flexibility index (Phi) is 5.47. The number of rotatable bonds is 5. The third kappa shape index (κ3) is 4.45. The molecule has 0 radical (unpaired) electrons. The summed E-state index contributed by atoms with van der Waals surface area (Å²) in [6, 6.07) is 11.6. The lowest BCUT2D eigenvalue weighted by Gasteiger charge is -2.13. The molecular weight excluding hydrogens is 368 g/mol. The monoisotopic (exact) mass is 390 g/mol. The van der Waals surface area contributed by atoms with E-state index in [4.69, 9.17) is 9.88 Å². The van der Waals surface area contributed by atoms with E-state index in [2.05, 4.69) is 16.2 Å². The number of hydrogen-bond acceptors (Lipinski definition) is 6. The van der Waals surface area contributed by atoms with Gasteiger partial charge in [0.2, 0.25) is 15.9 Å². The first-order valence-corrected chi connectivity index (χ1v) is 9.92. The summed E-state index contributed by atoms with van der Waals surface area (Å²) in [4.78, 5) is 12.4. The van der Waals surface area contributed by atoms with E-state index in [1.54, 1.807) is 12.1 Å². The van der Waals surface area contributed by atoms with Crippen LogP contribution in [0.1, 0.15) is 23.6 Å². The highest BCUT2D eigenvalue weighted by Crippen LogP contribution is 2.30. The van der Waals surface area contributed by atoms with Crippen molar-refractivity contribution in [2.75, 3.05) is 12.4 Å². The molecule has 144 valence electrons. The van der Waals surface area contributed by atoms with Crippen LogP contribution in [0, 0.1) is 6.92 Å². The van der Waals surface area contributed by atoms with E-state index in [9.17, 15) is 13.2 Å². The Hall–Kier alpha value is -2.46. The number of carbonyl (C=O) groups excluding carboxylic acids is 1. The average Bonchev–Trinajstić information content (AvgIpc) is 3.10. The molecule has 0 spiro atoms. The predicted molar refractivity (Wildman–Crippen MR) is 102 cm³/mol. The molecule has 1 heterocycles. The molecule has 1 saturated heterocycles. The summed E-state index contributed by atoms with van der Waals surface area (Å²) in [6.45, 7) is 1.95. The number of ether oxygens (including phenoxy) is 1. The van der Waals surface area contributed by atoms with Crippen molar-refractivity contribution in [3.8, 4) is 5.75 Å². The molecule has 9 heteroatoms. The predicted octanol–water partition coefficient (Wildman–Crippen LogP) is 1.20. The summed E-state index contributed by atoms with van der Waals surface area (Å²) < 4.78 is 28.6. The van der Waals surface area contributed by atoms with Crippen LogP contribution >= 0.6 is 0 Å². The van der Waals surface area contributed by atoms with E-state index in [0.717, 1.165) is 11.3 Å². The summed E-state index contributed by atoms with van der Waals surface area (Å²) in [6.07, 6.45) is 0.452. The van der Waals surface area contributed by atoms with Gasteiger partial charge in [-0.1, -0.05) is 18.2 Å². The fraction of sp³-hybridized carbons (Fsp3) is 0.278. The number of amides is 1. The van der Waals surface area contributed by atoms with Gasteiger partial charge in [-0.3, -0.25) is 4.79 Å². The van der Waals surface area contributed by atoms with Gasteiger partial charge in [-0.15, -0.1) is 0 Å². The molecule has 0 aromatic heterocycles. The van der Waals surface area contributed by atoms with E-state index >= 15 is 0 Å². The fourth-order valence-electron chi connectivity index (χ4n) is 3.03. The minimum absolute atomic E-state index is 0.0861. The number of aryl methyl sites for hydroxylation is 1. The van der Waals surface area contributed by atoms with Gasteiger partial charge in [0.25, 0.3) is 0 Å². The molecular formula is C18H22N4O4S. The number of primary sulfonamides is 1. The third-order valence-corrected chi connectivity index (χ3v) is 5.33. The van der Waals surface area contributed by atoms with Gasteiger partial charge in [0.15, 0.2) is 0 Å². The standard InChI is InChI=1S/C18H22N4O4S/c1-11-4-3-5-13(8-11)20-18(23)15-10-14(21-22-15)12-6-7-16(26-2)17(9-12)27(19,24)25/h3-9,14-15,21-22H,10H2,1-2H3,(H,20,23)(H2,19,24,25). The van der Waals surface area contributed by atoms with E-state index < -0.39 is 16.1 Å². The average molecular weight is 390 g/mol. The number of nitrogens with one attached hydrogen (secondary N) is 3. The van der Waals surface area contributed by atoms with Crippen LogP contribution in [0.2, 0.25) is 0 Å². The Morgan fingerprint density at radius 1 is 1.22 bits per heavy atom. The Morgan fingerprint density at radius 3 is 2.67 bits per heavy atom. The molecule has 1 amide bonds. The second-order valence-electron chi connectivity index (χ2n) is 6.44. The minimum atomic E-state index is -3.92. The second-order valence-corrected chi connectivity index (χ2v) is 7.97. The lowest BCUT2D eigenvalue weighted by atomic mass is 10.0. The van der Waals surface area contributed by atoms with Gasteiger partial charge in [0.1, 0.15) is 16.7 Å². The summed E-state index contributed by atoms with van der Waals surface area (Å²) in [5.41, 5.74) is 8.46. The number of hydrazine groups is 1. The van der Waals surface area contributed by atoms with Gasteiger partial charge in [-0.2, -0.15) is 0 Å². The fourth-order valence-corrected chi connectivity index (χ4v) is 3.76. The Labute approximate surface area is 158 Å². The smallest absolute Gasteiger partial charge is 0.242 e. The molecule has 1 aliphatic heterocycles. The first kappa shape index (κ1) is 19.3. The maximum atomic E-state index is 12.5. The van der Waals surface area contributed by atoms with Crippen molar-refractivity contribution < 1.29 is 17.9 Å². The molecule has 5 N–H and O–H groups in total. The minimum Gasteiger partial charge on any atom is -0.495 e. The van der Waals surface area contributed by atoms with Crippen LogP contribution in [0.5, 0.6) is 5.75 Å². The van der Waals surface area contributed by atoms with Crippen LogP contribution in [0.3, 0.4) is 0 Å². The summed E-state index contributed by atoms with van der Waals surface area (Å²) in [7, 11) is -2.55. The Balaban J connectivity index is 1.73. The quantitative estimate of drug-likeness (QED) is 0.608. The van der Waals surface area contributed by atoms with Crippen LogP contribution in [-0.2, 0) is 14.8 Å². The first-order valence-electron chi connectivity index (χ1n) is 8.37. The summed E-state index contributed by atoms with van der Waals surface area (Å²) in [5.74, 6) is 0.0109. The van der Waals surface area contributed by atoms with Crippen LogP contribution < -0.4 is 26.0 Å². The highest BCUT2D eigenvalue weighted by Gasteiger charge is 2.31. The number of benzene rings is 2. The van der Waals surface area contributed by atoms with Crippen LogP contribution in [-0.4, -0.2) is 27.5 Å². The van der Waals surface area contributed by atoms with Gasteiger partial charge in [-0.05, 0) is 48.7 Å². The molecule has 2 aromatic rings. The van der Waals surface area contributed by atoms with E-state index in [1.807, 2.05) is 31.2 Å². The van der Waals surface area contributed by atoms with Crippen molar-refractivity contribution in [1.82, 2.24) is 10.9 Å². The SMILES string of the molecule is COc1ccc(C2CC(C(=O)Nc3cccc(C)c3)NN2)cc1S(N)(=O)=O. The van der Waals surface area contributed by atoms with Gasteiger partial charge in [0.05, 0.1) is 7.11 Å². The molecule has 1 aliphatic rings. The van der Waals surface area contributed by atoms with Crippen LogP contribution in [0.25, 0.3) is 0 Å². The summed E-state index contributed by atoms with van der Waals surface area (Å²) >= 11 is 0. The van der Waals surface area contributed by atoms with E-state index in [0.29, 0.717) is 12.0 Å². The van der Waals surface area contributed by atoms with Crippen molar-refractivity contribution >= 4 is 21.6 Å². The lowest BCUT2D eigenvalue weighted by Crippen LogP contribution is -2.39. The maximum absolute atomic E-state index is 12.5. The van der Waals surface area contributed by atoms with Crippen LogP contribution in [0.4, 0.5) is 5.69 Å². The number of carbonyl (C=O) groups is 1. The topological polar surface area (TPSA) is 123 Å². The zero-order valence-electron chi connectivity index (χ0n) is 15.0. The van der Waals surface area contributed by atoms with E-state index in [1.165, 1.54) is 13.2 Å². The van der Waals surface area contributed by atoms with Crippen LogP contribution in [0.15, 0.2) is 47.4 Å². The Morgan fingerprint density at radius 2 is 2.00 bits per heavy atom. The number of sulfonamides is 1. The van der Waals surface area contributed by atoms with Crippen molar-refractivity contribution in [1.29, 1.82) is 0 Å². The van der Waals surface area contributed by atoms with Crippen molar-refractivity contribution in [3.63, 3.8) is 0 Å². The van der Waals surface area contributed by atoms with Crippen molar-refractivity contribution in [3.05, 3.63) is 53.6 Å². The number of anilines is 1. The van der Waals surface area contributed by atoms with Gasteiger partial charge >= 0.3 is 0 Å². The first-order chi connectivity index (χ1) is 12.8. The van der Waals surface area contributed by atoms with Gasteiger partial charge in [0, 0.05) is 11.7 Å². The second kappa shape index (κ2) is 7.65. The largest absolute Gasteiger partial charge is 0.495 e. The molecule has 1 fully saturated rings. The molecule has 3 rings (SSSR count). The zero-order chi connectivity index (χ0) is 19.6. The van der Waals surface area contributed by atoms with Crippen molar-refractivity contribution in [2.24, 2.45) is 5.14 Å². The normalized spacial score (nSPS) is 19.7. The molecule has 2 aromatic carbocycles. The maximum Gasteiger partial charge on any atom is 0.242 e. The molecule has 27 heavy (non-hydrogen) atoms. The number of hydrogen-bond donors (Lipinski definition) is 4. The number of nitrogens with two attached hydrogens (primary N) is 1. The highest BCUT2D eigenvalue weighted by molar-refractivity contribution is 7.89. The number of methoxy groups -OCH3 is 1. The summed E-state index contributed by atoms with van der Waals surface area (Å²) in [5, 5.41) is 8.14. The molecule has 2 atom stereocenters. The highest BCUT2D eigenvalue weighted by atomic mass is 32.2. The Bertz CT molecular complexity index is 962. The molecule has 2 unspecified atom stereocenters.